The van der Waals surface area contributed by atoms with Crippen LogP contribution in [-0.2, 0) is 19.6 Å². The molecule has 11 heteroatoms. The maximum absolute atomic E-state index is 14.0. The van der Waals surface area contributed by atoms with Crippen molar-refractivity contribution in [1.29, 1.82) is 0 Å². The average Bonchev–Trinajstić information content (AvgIpc) is 3.76. The van der Waals surface area contributed by atoms with Gasteiger partial charge in [0.25, 0.3) is 5.91 Å². The summed E-state index contributed by atoms with van der Waals surface area (Å²) in [6.45, 7) is 14.0. The fraction of sp³-hybridized carbons (Fsp3) is 0.594. The summed E-state index contributed by atoms with van der Waals surface area (Å²) in [5, 5.41) is 11.8. The quantitative estimate of drug-likeness (QED) is 0.320. The number of carbonyl (C=O) groups is 1. The lowest BCUT2D eigenvalue weighted by atomic mass is 10.1. The molecule has 2 fully saturated rings. The number of fused-ring (bicyclic) bond motifs is 1. The number of anilines is 2. The second-order valence-electron chi connectivity index (χ2n) is 12.2. The Kier molecular flexibility index (Phi) is 9.30. The van der Waals surface area contributed by atoms with Crippen LogP contribution in [0.3, 0.4) is 0 Å². The van der Waals surface area contributed by atoms with Gasteiger partial charge in [-0.05, 0) is 77.9 Å². The second kappa shape index (κ2) is 13.5. The van der Waals surface area contributed by atoms with Crippen molar-refractivity contribution >= 4 is 17.5 Å². The van der Waals surface area contributed by atoms with Gasteiger partial charge in [-0.25, -0.2) is 9.97 Å². The van der Waals surface area contributed by atoms with Crippen LogP contribution in [0.2, 0.25) is 0 Å². The largest absolute Gasteiger partial charge is 0.354 e. The Labute approximate surface area is 255 Å². The summed E-state index contributed by atoms with van der Waals surface area (Å²) in [4.78, 5) is 33.1. The van der Waals surface area contributed by atoms with Crippen LogP contribution < -0.4 is 15.1 Å². The van der Waals surface area contributed by atoms with E-state index in [0.29, 0.717) is 29.9 Å². The molecule has 0 bridgehead atoms. The summed E-state index contributed by atoms with van der Waals surface area (Å²) < 4.78 is 1.96. The number of pyridine rings is 2. The zero-order valence-corrected chi connectivity index (χ0v) is 26.0. The zero-order chi connectivity index (χ0) is 29.8. The molecule has 11 nitrogen and oxygen atoms in total. The first-order chi connectivity index (χ1) is 21.0. The van der Waals surface area contributed by atoms with Gasteiger partial charge >= 0.3 is 0 Å². The highest BCUT2D eigenvalue weighted by Gasteiger charge is 2.34. The lowest BCUT2D eigenvalue weighted by Crippen LogP contribution is -2.43. The molecule has 0 saturated carbocycles. The third kappa shape index (κ3) is 6.58. The molecular weight excluding hydrogens is 540 g/mol. The number of rotatable bonds is 12. The summed E-state index contributed by atoms with van der Waals surface area (Å²) in [5.74, 6) is 2.25. The topological polar surface area (TPSA) is 98.5 Å². The molecule has 3 aromatic heterocycles. The molecule has 0 spiro atoms. The highest BCUT2D eigenvalue weighted by atomic mass is 16.2. The third-order valence-electron chi connectivity index (χ3n) is 9.18. The highest BCUT2D eigenvalue weighted by molar-refractivity contribution is 6.10. The molecule has 3 aliphatic heterocycles. The number of hydrogen-bond acceptors (Lipinski definition) is 9. The molecule has 3 aromatic rings. The van der Waals surface area contributed by atoms with Crippen LogP contribution >= 0.6 is 0 Å². The van der Waals surface area contributed by atoms with Crippen LogP contribution in [0.25, 0.3) is 11.5 Å². The molecular formula is C32H46N10O. The van der Waals surface area contributed by atoms with Gasteiger partial charge in [0.05, 0.1) is 17.8 Å². The molecule has 6 heterocycles. The third-order valence-corrected chi connectivity index (χ3v) is 9.18. The van der Waals surface area contributed by atoms with Crippen LogP contribution in [-0.4, -0.2) is 99.3 Å². The van der Waals surface area contributed by atoms with E-state index in [0.717, 1.165) is 81.2 Å². The lowest BCUT2D eigenvalue weighted by molar-refractivity contribution is 0.0996. The Balaban J connectivity index is 1.18. The van der Waals surface area contributed by atoms with Gasteiger partial charge < -0.3 is 24.6 Å². The first kappa shape index (κ1) is 29.7. The van der Waals surface area contributed by atoms with Crippen LogP contribution in [0.1, 0.15) is 67.6 Å². The van der Waals surface area contributed by atoms with Crippen molar-refractivity contribution < 1.29 is 4.79 Å². The number of amides is 1. The highest BCUT2D eigenvalue weighted by Crippen LogP contribution is 2.34. The van der Waals surface area contributed by atoms with Gasteiger partial charge in [0.2, 0.25) is 0 Å². The summed E-state index contributed by atoms with van der Waals surface area (Å²) in [6, 6.07) is 8.22. The number of aromatic nitrogens is 5. The van der Waals surface area contributed by atoms with Gasteiger partial charge in [-0.3, -0.25) is 9.69 Å². The summed E-state index contributed by atoms with van der Waals surface area (Å²) in [6.07, 6.45) is 7.66. The lowest BCUT2D eigenvalue weighted by Gasteiger charge is -2.27. The summed E-state index contributed by atoms with van der Waals surface area (Å²) in [5.41, 5.74) is 3.50. The molecule has 0 radical (unpaired) electrons. The minimum atomic E-state index is -0.0103. The van der Waals surface area contributed by atoms with E-state index >= 15 is 0 Å². The van der Waals surface area contributed by atoms with E-state index in [1.807, 2.05) is 28.8 Å². The molecule has 43 heavy (non-hydrogen) atoms. The van der Waals surface area contributed by atoms with Crippen LogP contribution in [0, 0.1) is 0 Å². The summed E-state index contributed by atoms with van der Waals surface area (Å²) >= 11 is 0. The SMILES string of the molecule is CCn1cnnc1-c1cccc(N2Cc3c(cc(N4CCC[C@H]4C)nc3CN(C)CCCCCN3CCNCC3)C2=O)n1. The number of nitrogens with zero attached hydrogens (tertiary/aromatic N) is 9. The first-order valence-electron chi connectivity index (χ1n) is 16.1. The Morgan fingerprint density at radius 1 is 1.07 bits per heavy atom. The molecule has 0 aromatic carbocycles. The Bertz CT molecular complexity index is 1400. The smallest absolute Gasteiger partial charge is 0.260 e. The van der Waals surface area contributed by atoms with E-state index in [2.05, 4.69) is 51.1 Å². The predicted octanol–water partition coefficient (Wildman–Crippen LogP) is 3.41. The van der Waals surface area contributed by atoms with Crippen molar-refractivity contribution in [2.24, 2.45) is 0 Å². The number of hydrogen-bond donors (Lipinski definition) is 1. The van der Waals surface area contributed by atoms with Gasteiger partial charge in [0.1, 0.15) is 23.7 Å². The normalized spacial score (nSPS) is 19.2. The number of carbonyl (C=O) groups excluding carboxylic acids is 1. The molecule has 1 N–H and O–H groups in total. The average molecular weight is 587 g/mol. The van der Waals surface area contributed by atoms with Gasteiger partial charge in [-0.1, -0.05) is 12.5 Å². The van der Waals surface area contributed by atoms with Crippen molar-refractivity contribution in [2.75, 3.05) is 62.7 Å². The molecule has 1 atom stereocenters. The Morgan fingerprint density at radius 2 is 1.93 bits per heavy atom. The van der Waals surface area contributed by atoms with Crippen molar-refractivity contribution in [3.63, 3.8) is 0 Å². The molecule has 6 rings (SSSR count). The monoisotopic (exact) mass is 586 g/mol. The minimum absolute atomic E-state index is 0.0103. The van der Waals surface area contributed by atoms with E-state index in [1.165, 1.54) is 32.5 Å². The van der Waals surface area contributed by atoms with Crippen molar-refractivity contribution in [3.05, 3.63) is 47.4 Å². The fourth-order valence-corrected chi connectivity index (χ4v) is 6.64. The molecule has 1 amide bonds. The molecule has 230 valence electrons. The number of unbranched alkanes of at least 4 members (excludes halogenated alkanes) is 2. The number of piperazine rings is 1. The van der Waals surface area contributed by atoms with Crippen LogP contribution in [0.4, 0.5) is 11.6 Å². The van der Waals surface area contributed by atoms with Crippen molar-refractivity contribution in [3.8, 4) is 11.5 Å². The Morgan fingerprint density at radius 3 is 2.72 bits per heavy atom. The summed E-state index contributed by atoms with van der Waals surface area (Å²) in [7, 11) is 2.18. The van der Waals surface area contributed by atoms with Crippen molar-refractivity contribution in [2.45, 2.75) is 71.6 Å². The second-order valence-corrected chi connectivity index (χ2v) is 12.2. The molecule has 2 saturated heterocycles. The van der Waals surface area contributed by atoms with Gasteiger partial charge in [-0.2, -0.15) is 0 Å². The van der Waals surface area contributed by atoms with Gasteiger partial charge in [0.15, 0.2) is 5.82 Å². The maximum Gasteiger partial charge on any atom is 0.260 e. The van der Waals surface area contributed by atoms with E-state index in [4.69, 9.17) is 9.97 Å². The van der Waals surface area contributed by atoms with E-state index in [-0.39, 0.29) is 5.91 Å². The maximum atomic E-state index is 14.0. The van der Waals surface area contributed by atoms with E-state index in [9.17, 15) is 4.79 Å². The van der Waals surface area contributed by atoms with E-state index < -0.39 is 0 Å². The van der Waals surface area contributed by atoms with Crippen LogP contribution in [0.5, 0.6) is 0 Å². The standard InChI is InChI=1S/C32H46N10O/c1-4-40-23-34-37-31(40)27-11-8-12-29(35-27)42-21-26-25(32(42)43)20-30(41-17-9-10-24(41)2)36-28(26)22-38(3)15-6-5-7-16-39-18-13-33-14-19-39/h8,11-12,20,23-24,33H,4-7,9-10,13-19,21-22H2,1-3H3/t24-/m1/s1. The van der Waals surface area contributed by atoms with E-state index in [1.54, 1.807) is 11.2 Å². The molecule has 0 aliphatic carbocycles. The van der Waals surface area contributed by atoms with Gasteiger partial charge in [-0.15, -0.1) is 10.2 Å². The number of aryl methyl sites for hydroxylation is 1. The number of nitrogens with one attached hydrogen (secondary N) is 1. The van der Waals surface area contributed by atoms with Crippen LogP contribution in [0.15, 0.2) is 30.6 Å². The Hall–Kier alpha value is -3.41. The van der Waals surface area contributed by atoms with Crippen molar-refractivity contribution in [1.82, 2.24) is 39.8 Å². The zero-order valence-electron chi connectivity index (χ0n) is 26.0. The predicted molar refractivity (Wildman–Crippen MR) is 169 cm³/mol. The van der Waals surface area contributed by atoms with Gasteiger partial charge in [0, 0.05) is 57.4 Å². The molecule has 3 aliphatic rings. The fourth-order valence-electron chi connectivity index (χ4n) is 6.64. The minimum Gasteiger partial charge on any atom is -0.354 e. The first-order valence-corrected chi connectivity index (χ1v) is 16.1. The molecule has 0 unspecified atom stereocenters.